The number of allylic oxidation sites excluding steroid dienone is 1. The van der Waals surface area contributed by atoms with Crippen molar-refractivity contribution in [2.45, 2.75) is 31.8 Å². The van der Waals surface area contributed by atoms with Crippen LogP contribution in [0.2, 0.25) is 0 Å². The Morgan fingerprint density at radius 1 is 0.955 bits per heavy atom. The van der Waals surface area contributed by atoms with Gasteiger partial charge in [0.2, 0.25) is 0 Å². The Morgan fingerprint density at radius 3 is 2.27 bits per heavy atom. The molecule has 0 bridgehead atoms. The van der Waals surface area contributed by atoms with E-state index in [1.165, 1.54) is 11.1 Å². The Balaban J connectivity index is 1.90. The number of hydrogen-bond acceptors (Lipinski definition) is 2. The van der Waals surface area contributed by atoms with Crippen LogP contribution in [0.1, 0.15) is 37.3 Å². The summed E-state index contributed by atoms with van der Waals surface area (Å²) in [5.41, 5.74) is 3.21. The molecular formula is C20H21NO. The molecule has 2 heteroatoms. The lowest BCUT2D eigenvalue weighted by Gasteiger charge is -2.33. The van der Waals surface area contributed by atoms with Crippen LogP contribution in [0, 0.1) is 0 Å². The van der Waals surface area contributed by atoms with E-state index in [4.69, 9.17) is 4.84 Å². The molecule has 1 aliphatic rings. The molecule has 2 aromatic carbocycles. The second kappa shape index (κ2) is 6.18. The molecule has 1 atom stereocenters. The van der Waals surface area contributed by atoms with Crippen LogP contribution in [0.5, 0.6) is 0 Å². The summed E-state index contributed by atoms with van der Waals surface area (Å²) in [7, 11) is 0. The van der Waals surface area contributed by atoms with E-state index >= 15 is 0 Å². The van der Waals surface area contributed by atoms with E-state index in [-0.39, 0.29) is 11.5 Å². The minimum atomic E-state index is -0.232. The topological polar surface area (TPSA) is 21.6 Å². The van der Waals surface area contributed by atoms with Gasteiger partial charge in [0.05, 0.1) is 5.71 Å². The van der Waals surface area contributed by atoms with Crippen molar-refractivity contribution in [2.75, 3.05) is 0 Å². The molecule has 1 aliphatic heterocycles. The summed E-state index contributed by atoms with van der Waals surface area (Å²) in [5, 5.41) is 4.38. The van der Waals surface area contributed by atoms with E-state index in [1.54, 1.807) is 0 Å². The van der Waals surface area contributed by atoms with Crippen molar-refractivity contribution in [1.82, 2.24) is 0 Å². The van der Waals surface area contributed by atoms with Gasteiger partial charge in [0.15, 0.2) is 0 Å². The number of nitrogens with zero attached hydrogens (tertiary/aromatic N) is 1. The van der Waals surface area contributed by atoms with Gasteiger partial charge in [-0.3, -0.25) is 0 Å². The first-order valence-corrected chi connectivity index (χ1v) is 7.68. The van der Waals surface area contributed by atoms with E-state index in [0.29, 0.717) is 0 Å². The third kappa shape index (κ3) is 3.45. The highest BCUT2D eigenvalue weighted by Crippen LogP contribution is 2.34. The van der Waals surface area contributed by atoms with Gasteiger partial charge in [0, 0.05) is 12.3 Å². The van der Waals surface area contributed by atoms with Crippen LogP contribution in [0.15, 0.2) is 71.9 Å². The second-order valence-corrected chi connectivity index (χ2v) is 6.28. The second-order valence-electron chi connectivity index (χ2n) is 6.28. The van der Waals surface area contributed by atoms with E-state index in [9.17, 15) is 0 Å². The number of hydrogen-bond donors (Lipinski definition) is 0. The number of rotatable bonds is 3. The summed E-state index contributed by atoms with van der Waals surface area (Å²) < 4.78 is 0. The zero-order valence-electron chi connectivity index (χ0n) is 13.1. The molecule has 0 saturated heterocycles. The molecule has 0 saturated carbocycles. The fourth-order valence-electron chi connectivity index (χ4n) is 2.74. The predicted octanol–water partition coefficient (Wildman–Crippen LogP) is 5.04. The molecule has 0 aliphatic carbocycles. The van der Waals surface area contributed by atoms with Crippen molar-refractivity contribution in [3.8, 4) is 0 Å². The van der Waals surface area contributed by atoms with Crippen molar-refractivity contribution in [1.29, 1.82) is 0 Å². The lowest BCUT2D eigenvalue weighted by Crippen LogP contribution is -2.32. The Labute approximate surface area is 132 Å². The largest absolute Gasteiger partial charge is 0.390 e. The molecule has 3 rings (SSSR count). The van der Waals surface area contributed by atoms with E-state index in [1.807, 2.05) is 24.3 Å². The van der Waals surface area contributed by atoms with Crippen LogP contribution in [-0.4, -0.2) is 11.3 Å². The zero-order valence-corrected chi connectivity index (χ0v) is 13.1. The van der Waals surface area contributed by atoms with Gasteiger partial charge in [-0.25, -0.2) is 0 Å². The minimum Gasteiger partial charge on any atom is -0.390 e. The average molecular weight is 291 g/mol. The number of benzene rings is 2. The van der Waals surface area contributed by atoms with Gasteiger partial charge in [-0.15, -0.1) is 0 Å². The molecule has 22 heavy (non-hydrogen) atoms. The van der Waals surface area contributed by atoms with E-state index in [2.05, 4.69) is 67.6 Å². The van der Waals surface area contributed by atoms with Gasteiger partial charge in [0.25, 0.3) is 0 Å². The first-order valence-electron chi connectivity index (χ1n) is 7.68. The predicted molar refractivity (Wildman–Crippen MR) is 91.9 cm³/mol. The monoisotopic (exact) mass is 291 g/mol. The average Bonchev–Trinajstić information content (AvgIpc) is 2.55. The summed E-state index contributed by atoms with van der Waals surface area (Å²) in [6, 6.07) is 20.8. The smallest absolute Gasteiger partial charge is 0.133 e. The fraction of sp³-hybridized carbons (Fsp3) is 0.250. The molecule has 2 aromatic rings. The summed E-state index contributed by atoms with van der Waals surface area (Å²) in [4.78, 5) is 5.65. The van der Waals surface area contributed by atoms with Gasteiger partial charge in [0.1, 0.15) is 5.60 Å². The Kier molecular flexibility index (Phi) is 4.10. The first-order chi connectivity index (χ1) is 10.6. The van der Waals surface area contributed by atoms with Gasteiger partial charge in [-0.1, -0.05) is 71.9 Å². The highest BCUT2D eigenvalue weighted by molar-refractivity contribution is 6.03. The van der Waals surface area contributed by atoms with Crippen LogP contribution in [0.3, 0.4) is 0 Å². The van der Waals surface area contributed by atoms with Crippen LogP contribution in [-0.2, 0) is 4.84 Å². The molecular weight excluding hydrogens is 270 g/mol. The summed E-state index contributed by atoms with van der Waals surface area (Å²) in [6.45, 7) is 4.17. The molecule has 0 spiro atoms. The standard InChI is InChI=1S/C20H21NO/c1-20(2)15-18(17-11-7-4-8-12-17)19(21-22-20)14-13-16-9-5-3-6-10-16/h3-14,18H,15H2,1-2H3/b14-13+. The Bertz CT molecular complexity index is 671. The van der Waals surface area contributed by atoms with E-state index in [0.717, 1.165) is 12.1 Å². The highest BCUT2D eigenvalue weighted by atomic mass is 16.6. The summed E-state index contributed by atoms with van der Waals surface area (Å²) in [6.07, 6.45) is 5.09. The van der Waals surface area contributed by atoms with E-state index < -0.39 is 0 Å². The summed E-state index contributed by atoms with van der Waals surface area (Å²) in [5.74, 6) is 0.268. The molecule has 0 aromatic heterocycles. The van der Waals surface area contributed by atoms with Gasteiger partial charge in [-0.2, -0.15) is 0 Å². The highest BCUT2D eigenvalue weighted by Gasteiger charge is 2.33. The van der Waals surface area contributed by atoms with Crippen molar-refractivity contribution in [3.05, 3.63) is 77.9 Å². The van der Waals surface area contributed by atoms with Gasteiger partial charge >= 0.3 is 0 Å². The minimum absolute atomic E-state index is 0.232. The van der Waals surface area contributed by atoms with Crippen molar-refractivity contribution in [2.24, 2.45) is 5.16 Å². The lowest BCUT2D eigenvalue weighted by atomic mass is 9.83. The lowest BCUT2D eigenvalue weighted by molar-refractivity contribution is -0.0323. The molecule has 1 heterocycles. The quantitative estimate of drug-likeness (QED) is 0.776. The Hall–Kier alpha value is -2.35. The molecule has 2 nitrogen and oxygen atoms in total. The van der Waals surface area contributed by atoms with Crippen molar-refractivity contribution >= 4 is 11.8 Å². The van der Waals surface area contributed by atoms with Gasteiger partial charge < -0.3 is 4.84 Å². The molecule has 0 radical (unpaired) electrons. The maximum Gasteiger partial charge on any atom is 0.133 e. The maximum absolute atomic E-state index is 5.65. The van der Waals surface area contributed by atoms with Crippen molar-refractivity contribution < 1.29 is 4.84 Å². The molecule has 0 N–H and O–H groups in total. The molecule has 112 valence electrons. The molecule has 0 amide bonds. The number of oxime groups is 1. The molecule has 1 unspecified atom stereocenters. The van der Waals surface area contributed by atoms with Crippen LogP contribution < -0.4 is 0 Å². The normalized spacial score (nSPS) is 20.5. The molecule has 0 fully saturated rings. The fourth-order valence-corrected chi connectivity index (χ4v) is 2.74. The third-order valence-corrected chi connectivity index (χ3v) is 3.90. The Morgan fingerprint density at radius 2 is 1.59 bits per heavy atom. The SMILES string of the molecule is CC1(C)CC(c2ccccc2)C(/C=C/c2ccccc2)=NO1. The zero-order chi connectivity index (χ0) is 15.4. The van der Waals surface area contributed by atoms with Crippen LogP contribution >= 0.6 is 0 Å². The van der Waals surface area contributed by atoms with Gasteiger partial charge in [-0.05, 0) is 31.1 Å². The maximum atomic E-state index is 5.65. The van der Waals surface area contributed by atoms with Crippen molar-refractivity contribution in [3.63, 3.8) is 0 Å². The third-order valence-electron chi connectivity index (χ3n) is 3.90. The summed E-state index contributed by atoms with van der Waals surface area (Å²) >= 11 is 0. The van der Waals surface area contributed by atoms with Crippen LogP contribution in [0.4, 0.5) is 0 Å². The first kappa shape index (κ1) is 14.6. The van der Waals surface area contributed by atoms with Crippen LogP contribution in [0.25, 0.3) is 6.08 Å².